The lowest BCUT2D eigenvalue weighted by Crippen LogP contribution is -2.42. The number of nitrogens with zero attached hydrogens (tertiary/aromatic N) is 1. The highest BCUT2D eigenvalue weighted by Gasteiger charge is 2.46. The van der Waals surface area contributed by atoms with Crippen molar-refractivity contribution in [1.82, 2.24) is 10.2 Å². The maximum Gasteiger partial charge on any atom is 0.317 e. The van der Waals surface area contributed by atoms with Crippen molar-refractivity contribution in [1.29, 1.82) is 0 Å². The number of carbonyl (C=O) groups is 2. The Balaban J connectivity index is 1.60. The highest BCUT2D eigenvalue weighted by atomic mass is 19.1. The molecule has 1 saturated carbocycles. The van der Waals surface area contributed by atoms with Crippen molar-refractivity contribution in [2.75, 3.05) is 13.1 Å². The predicted octanol–water partition coefficient (Wildman–Crippen LogP) is 2.33. The van der Waals surface area contributed by atoms with Crippen LogP contribution in [0.15, 0.2) is 18.2 Å². The molecule has 1 unspecified atom stereocenters. The van der Waals surface area contributed by atoms with Crippen molar-refractivity contribution in [2.45, 2.75) is 31.7 Å². The van der Waals surface area contributed by atoms with Crippen molar-refractivity contribution in [3.63, 3.8) is 0 Å². The van der Waals surface area contributed by atoms with Crippen LogP contribution in [0.3, 0.4) is 0 Å². The van der Waals surface area contributed by atoms with Crippen LogP contribution in [0.2, 0.25) is 0 Å². The van der Waals surface area contributed by atoms with Gasteiger partial charge in [0.25, 0.3) is 0 Å². The lowest BCUT2D eigenvalue weighted by atomic mass is 9.90. The molecule has 0 bridgehead atoms. The molecule has 5 nitrogen and oxygen atoms in total. The number of nitrogens with one attached hydrogen (secondary N) is 1. The van der Waals surface area contributed by atoms with Gasteiger partial charge in [-0.05, 0) is 31.9 Å². The molecule has 2 aliphatic rings. The second-order valence-electron chi connectivity index (χ2n) is 6.57. The fourth-order valence-electron chi connectivity index (χ4n) is 3.10. The molecule has 3 atom stereocenters. The van der Waals surface area contributed by atoms with Gasteiger partial charge in [-0.3, -0.25) is 4.79 Å². The molecule has 1 aromatic carbocycles. The van der Waals surface area contributed by atoms with Crippen LogP contribution in [0.1, 0.15) is 31.2 Å². The Hall–Kier alpha value is -2.18. The van der Waals surface area contributed by atoms with E-state index >= 15 is 0 Å². The minimum Gasteiger partial charge on any atom is -0.481 e. The number of carbonyl (C=O) groups excluding carboxylic acids is 1. The Bertz CT molecular complexity index is 646. The zero-order valence-electron chi connectivity index (χ0n) is 12.7. The van der Waals surface area contributed by atoms with E-state index in [2.05, 4.69) is 5.32 Å². The van der Waals surface area contributed by atoms with E-state index in [1.165, 1.54) is 23.1 Å². The third-order valence-electron chi connectivity index (χ3n) is 4.75. The SMILES string of the molecule is CC1(C(=O)O)CCN(C(=O)N[C@@H]2C[C@H]2c2c(F)cccc2F)C1. The predicted molar refractivity (Wildman–Crippen MR) is 78.0 cm³/mol. The van der Waals surface area contributed by atoms with Crippen LogP contribution in [0.4, 0.5) is 13.6 Å². The van der Waals surface area contributed by atoms with E-state index in [1.807, 2.05) is 0 Å². The molecule has 2 fully saturated rings. The van der Waals surface area contributed by atoms with Gasteiger partial charge in [-0.2, -0.15) is 0 Å². The largest absolute Gasteiger partial charge is 0.481 e. The maximum atomic E-state index is 13.7. The molecule has 7 heteroatoms. The normalized spacial score (nSPS) is 29.4. The van der Waals surface area contributed by atoms with Crippen LogP contribution in [0.5, 0.6) is 0 Å². The van der Waals surface area contributed by atoms with E-state index in [4.69, 9.17) is 0 Å². The smallest absolute Gasteiger partial charge is 0.317 e. The van der Waals surface area contributed by atoms with E-state index < -0.39 is 23.0 Å². The average Bonchev–Trinajstić information content (AvgIpc) is 3.08. The number of aliphatic carboxylic acids is 1. The fourth-order valence-corrected chi connectivity index (χ4v) is 3.10. The number of rotatable bonds is 3. The fraction of sp³-hybridized carbons (Fsp3) is 0.500. The molecule has 1 aliphatic heterocycles. The summed E-state index contributed by atoms with van der Waals surface area (Å²) < 4.78 is 27.4. The molecule has 23 heavy (non-hydrogen) atoms. The molecule has 1 aromatic rings. The minimum atomic E-state index is -0.933. The second-order valence-corrected chi connectivity index (χ2v) is 6.57. The Morgan fingerprint density at radius 2 is 2.00 bits per heavy atom. The van der Waals surface area contributed by atoms with E-state index in [-0.39, 0.29) is 30.1 Å². The number of carboxylic acids is 1. The Kier molecular flexibility index (Phi) is 3.74. The Morgan fingerprint density at radius 3 is 2.57 bits per heavy atom. The zero-order chi connectivity index (χ0) is 16.8. The van der Waals surface area contributed by atoms with Crippen molar-refractivity contribution in [3.8, 4) is 0 Å². The summed E-state index contributed by atoms with van der Waals surface area (Å²) in [4.78, 5) is 24.8. The number of carboxylic acid groups (broad SMARTS) is 1. The molecule has 1 aliphatic carbocycles. The number of urea groups is 1. The lowest BCUT2D eigenvalue weighted by Gasteiger charge is -2.20. The lowest BCUT2D eigenvalue weighted by molar-refractivity contribution is -0.147. The van der Waals surface area contributed by atoms with Gasteiger partial charge in [0.05, 0.1) is 5.41 Å². The van der Waals surface area contributed by atoms with E-state index in [1.54, 1.807) is 6.92 Å². The van der Waals surface area contributed by atoms with Gasteiger partial charge in [-0.25, -0.2) is 13.6 Å². The van der Waals surface area contributed by atoms with Gasteiger partial charge in [0.15, 0.2) is 0 Å². The minimum absolute atomic E-state index is 0.00889. The molecule has 3 rings (SSSR count). The molecule has 1 heterocycles. The summed E-state index contributed by atoms with van der Waals surface area (Å²) in [5, 5.41) is 11.9. The van der Waals surface area contributed by atoms with Crippen LogP contribution in [-0.4, -0.2) is 41.1 Å². The van der Waals surface area contributed by atoms with E-state index in [0.717, 1.165) is 0 Å². The first-order valence-corrected chi connectivity index (χ1v) is 7.54. The summed E-state index contributed by atoms with van der Waals surface area (Å²) in [7, 11) is 0. The quantitative estimate of drug-likeness (QED) is 0.896. The second kappa shape index (κ2) is 5.47. The molecular weight excluding hydrogens is 306 g/mol. The van der Waals surface area contributed by atoms with Gasteiger partial charge in [0.1, 0.15) is 11.6 Å². The highest BCUT2D eigenvalue weighted by molar-refractivity contribution is 5.80. The van der Waals surface area contributed by atoms with Gasteiger partial charge in [0.2, 0.25) is 0 Å². The molecule has 2 amide bonds. The number of benzene rings is 1. The van der Waals surface area contributed by atoms with Crippen molar-refractivity contribution in [3.05, 3.63) is 35.4 Å². The first-order chi connectivity index (χ1) is 10.8. The number of hydrogen-bond donors (Lipinski definition) is 2. The first-order valence-electron chi connectivity index (χ1n) is 7.54. The number of halogens is 2. The van der Waals surface area contributed by atoms with Gasteiger partial charge >= 0.3 is 12.0 Å². The number of amides is 2. The summed E-state index contributed by atoms with van der Waals surface area (Å²) >= 11 is 0. The summed E-state index contributed by atoms with van der Waals surface area (Å²) in [6.07, 6.45) is 0.874. The van der Waals surface area contributed by atoms with Gasteiger partial charge in [-0.1, -0.05) is 6.07 Å². The Morgan fingerprint density at radius 1 is 1.35 bits per heavy atom. The van der Waals surface area contributed by atoms with Crippen molar-refractivity contribution in [2.24, 2.45) is 5.41 Å². The summed E-state index contributed by atoms with van der Waals surface area (Å²) in [6.45, 7) is 2.11. The molecule has 124 valence electrons. The maximum absolute atomic E-state index is 13.7. The van der Waals surface area contributed by atoms with Crippen molar-refractivity contribution < 1.29 is 23.5 Å². The summed E-state index contributed by atoms with van der Waals surface area (Å²) in [5.74, 6) is -2.50. The zero-order valence-corrected chi connectivity index (χ0v) is 12.7. The molecule has 0 radical (unpaired) electrons. The number of likely N-dealkylation sites (tertiary alicyclic amines) is 1. The monoisotopic (exact) mass is 324 g/mol. The van der Waals surface area contributed by atoms with Crippen molar-refractivity contribution >= 4 is 12.0 Å². The topological polar surface area (TPSA) is 69.6 Å². The van der Waals surface area contributed by atoms with Gasteiger partial charge < -0.3 is 15.3 Å². The van der Waals surface area contributed by atoms with Crippen LogP contribution >= 0.6 is 0 Å². The first kappa shape index (κ1) is 15.7. The summed E-state index contributed by atoms with van der Waals surface area (Å²) in [6, 6.07) is 3.02. The standard InChI is InChI=1S/C16H18F2N2O3/c1-16(14(21)22)5-6-20(8-16)15(23)19-12-7-9(12)13-10(17)3-2-4-11(13)18/h2-4,9,12H,5-8H2,1H3,(H,19,23)(H,21,22)/t9-,12-,16?/m1/s1. The number of hydrogen-bond acceptors (Lipinski definition) is 2. The molecule has 1 saturated heterocycles. The van der Waals surface area contributed by atoms with Crippen LogP contribution in [-0.2, 0) is 4.79 Å². The molecule has 0 spiro atoms. The average molecular weight is 324 g/mol. The third kappa shape index (κ3) is 2.87. The summed E-state index contributed by atoms with van der Waals surface area (Å²) in [5.41, 5.74) is -0.924. The molecule has 2 N–H and O–H groups in total. The van der Waals surface area contributed by atoms with Gasteiger partial charge in [-0.15, -0.1) is 0 Å². The Labute approximate surface area is 132 Å². The molecular formula is C16H18F2N2O3. The third-order valence-corrected chi connectivity index (χ3v) is 4.75. The van der Waals surface area contributed by atoms with E-state index in [9.17, 15) is 23.5 Å². The van der Waals surface area contributed by atoms with Crippen LogP contribution in [0, 0.1) is 17.0 Å². The highest BCUT2D eigenvalue weighted by Crippen LogP contribution is 2.43. The van der Waals surface area contributed by atoms with E-state index in [0.29, 0.717) is 19.4 Å². The van der Waals surface area contributed by atoms with Crippen LogP contribution in [0.25, 0.3) is 0 Å². The van der Waals surface area contributed by atoms with Crippen LogP contribution < -0.4 is 5.32 Å². The van der Waals surface area contributed by atoms with Gasteiger partial charge in [0, 0.05) is 30.6 Å². The molecule has 0 aromatic heterocycles.